The number of carbonyl (C=O) groups excluding carboxylic acids is 1. The third kappa shape index (κ3) is 3.46. The molecule has 1 aromatic carbocycles. The topological polar surface area (TPSA) is 85.1 Å². The minimum atomic E-state index is -0.445. The number of carbonyl (C=O) groups is 1. The number of terminal acetylenes is 1. The van der Waals surface area contributed by atoms with Gasteiger partial charge in [0.05, 0.1) is 27.4 Å². The lowest BCUT2D eigenvalue weighted by Crippen LogP contribution is -2.25. The van der Waals surface area contributed by atoms with Crippen molar-refractivity contribution < 1.29 is 9.72 Å². The zero-order valence-electron chi connectivity index (χ0n) is 10.2. The summed E-state index contributed by atoms with van der Waals surface area (Å²) in [4.78, 5) is 25.9. The van der Waals surface area contributed by atoms with Crippen LogP contribution in [0.15, 0.2) is 22.5 Å². The molecule has 1 amide bonds. The number of thiazole rings is 1. The molecule has 0 radical (unpaired) electrons. The Bertz CT molecular complexity index is 706. The maximum atomic E-state index is 11.4. The van der Waals surface area contributed by atoms with Crippen LogP contribution < -0.4 is 5.32 Å². The molecule has 0 saturated carbocycles. The molecule has 0 aliphatic carbocycles. The number of nitrogens with one attached hydrogen (secondary N) is 1. The molecule has 0 aliphatic rings. The standard InChI is InChI=1S/C12H9N3O3S2/c1-2-5-13-11(16)7-19-12-14-9-4-3-8(15(17)18)6-10(9)20-12/h1,3-4,6H,5,7H2,(H,13,16). The summed E-state index contributed by atoms with van der Waals surface area (Å²) in [6, 6.07) is 4.50. The number of rotatable bonds is 5. The Labute approximate surface area is 122 Å². The quantitative estimate of drug-likeness (QED) is 0.395. The number of non-ortho nitro benzene ring substituents is 1. The number of thioether (sulfide) groups is 1. The largest absolute Gasteiger partial charge is 0.344 e. The van der Waals surface area contributed by atoms with Gasteiger partial charge >= 0.3 is 0 Å². The molecular weight excluding hydrogens is 298 g/mol. The second-order valence-corrected chi connectivity index (χ2v) is 5.91. The molecule has 0 atom stereocenters. The summed E-state index contributed by atoms with van der Waals surface area (Å²) in [7, 11) is 0. The van der Waals surface area contributed by atoms with Gasteiger partial charge in [0.15, 0.2) is 4.34 Å². The highest BCUT2D eigenvalue weighted by Crippen LogP contribution is 2.31. The van der Waals surface area contributed by atoms with Crippen molar-refractivity contribution >= 4 is 44.9 Å². The average molecular weight is 307 g/mol. The molecule has 102 valence electrons. The van der Waals surface area contributed by atoms with Gasteiger partial charge in [-0.3, -0.25) is 14.9 Å². The van der Waals surface area contributed by atoms with Crippen molar-refractivity contribution in [3.63, 3.8) is 0 Å². The van der Waals surface area contributed by atoms with Crippen LogP contribution >= 0.6 is 23.1 Å². The highest BCUT2D eigenvalue weighted by Gasteiger charge is 2.11. The normalized spacial score (nSPS) is 10.2. The molecule has 1 heterocycles. The van der Waals surface area contributed by atoms with Gasteiger partial charge in [-0.1, -0.05) is 17.7 Å². The van der Waals surface area contributed by atoms with Crippen LogP contribution in [0.1, 0.15) is 0 Å². The van der Waals surface area contributed by atoms with Crippen LogP contribution in [0.4, 0.5) is 5.69 Å². The average Bonchev–Trinajstić information content (AvgIpc) is 2.84. The van der Waals surface area contributed by atoms with E-state index in [0.29, 0.717) is 9.86 Å². The van der Waals surface area contributed by atoms with E-state index in [1.54, 1.807) is 6.07 Å². The van der Waals surface area contributed by atoms with Crippen LogP contribution in [-0.4, -0.2) is 28.1 Å². The molecule has 2 aromatic rings. The molecule has 0 bridgehead atoms. The summed E-state index contributed by atoms with van der Waals surface area (Å²) in [6.07, 6.45) is 5.04. The smallest absolute Gasteiger partial charge is 0.270 e. The lowest BCUT2D eigenvalue weighted by Gasteiger charge is -1.98. The van der Waals surface area contributed by atoms with Crippen molar-refractivity contribution in [2.75, 3.05) is 12.3 Å². The third-order valence-corrected chi connectivity index (χ3v) is 4.44. The van der Waals surface area contributed by atoms with Crippen LogP contribution in [0.5, 0.6) is 0 Å². The Morgan fingerprint density at radius 3 is 3.10 bits per heavy atom. The highest BCUT2D eigenvalue weighted by atomic mass is 32.2. The molecule has 0 spiro atoms. The van der Waals surface area contributed by atoms with Crippen LogP contribution in [0.25, 0.3) is 10.2 Å². The molecular formula is C12H9N3O3S2. The maximum absolute atomic E-state index is 11.4. The van der Waals surface area contributed by atoms with E-state index in [0.717, 1.165) is 4.70 Å². The van der Waals surface area contributed by atoms with E-state index in [4.69, 9.17) is 6.42 Å². The number of hydrogen-bond acceptors (Lipinski definition) is 6. The summed E-state index contributed by atoms with van der Waals surface area (Å²) in [5.74, 6) is 2.36. The van der Waals surface area contributed by atoms with Crippen LogP contribution in [0.2, 0.25) is 0 Å². The first-order valence-electron chi connectivity index (χ1n) is 5.48. The number of nitro benzene ring substituents is 1. The van der Waals surface area contributed by atoms with E-state index < -0.39 is 4.92 Å². The zero-order valence-corrected chi connectivity index (χ0v) is 11.8. The van der Waals surface area contributed by atoms with Crippen molar-refractivity contribution in [1.82, 2.24) is 10.3 Å². The number of aromatic nitrogens is 1. The predicted octanol–water partition coefficient (Wildman–Crippen LogP) is 2.05. The van der Waals surface area contributed by atoms with Crippen molar-refractivity contribution in [3.05, 3.63) is 28.3 Å². The van der Waals surface area contributed by atoms with E-state index in [9.17, 15) is 14.9 Å². The SMILES string of the molecule is C#CCNC(=O)CSc1nc2ccc([N+](=O)[O-])cc2s1. The second-order valence-electron chi connectivity index (χ2n) is 3.66. The fourth-order valence-corrected chi connectivity index (χ4v) is 3.33. The van der Waals surface area contributed by atoms with Gasteiger partial charge < -0.3 is 5.32 Å². The molecule has 0 unspecified atom stereocenters. The van der Waals surface area contributed by atoms with E-state index in [1.165, 1.54) is 35.2 Å². The lowest BCUT2D eigenvalue weighted by molar-refractivity contribution is -0.384. The first-order chi connectivity index (χ1) is 9.60. The van der Waals surface area contributed by atoms with Gasteiger partial charge in [0.2, 0.25) is 5.91 Å². The van der Waals surface area contributed by atoms with E-state index in [1.807, 2.05) is 0 Å². The molecule has 0 saturated heterocycles. The molecule has 0 aliphatic heterocycles. The van der Waals surface area contributed by atoms with Gasteiger partial charge in [-0.15, -0.1) is 17.8 Å². The maximum Gasteiger partial charge on any atom is 0.270 e. The number of nitrogens with zero attached hydrogens (tertiary/aromatic N) is 2. The first kappa shape index (κ1) is 14.3. The number of amides is 1. The summed E-state index contributed by atoms with van der Waals surface area (Å²) in [5, 5.41) is 13.2. The summed E-state index contributed by atoms with van der Waals surface area (Å²) < 4.78 is 1.42. The fraction of sp³-hybridized carbons (Fsp3) is 0.167. The van der Waals surface area contributed by atoms with Crippen molar-refractivity contribution in [2.45, 2.75) is 4.34 Å². The molecule has 20 heavy (non-hydrogen) atoms. The van der Waals surface area contributed by atoms with E-state index >= 15 is 0 Å². The summed E-state index contributed by atoms with van der Waals surface area (Å²) in [5.41, 5.74) is 0.719. The zero-order chi connectivity index (χ0) is 14.5. The number of nitro groups is 1. The molecule has 8 heteroatoms. The molecule has 2 rings (SSSR count). The molecule has 0 fully saturated rings. The van der Waals surface area contributed by atoms with Crippen LogP contribution in [-0.2, 0) is 4.79 Å². The Hall–Kier alpha value is -2.11. The van der Waals surface area contributed by atoms with Crippen molar-refractivity contribution in [1.29, 1.82) is 0 Å². The number of benzene rings is 1. The van der Waals surface area contributed by atoms with Crippen molar-refractivity contribution in [2.24, 2.45) is 0 Å². The van der Waals surface area contributed by atoms with Crippen molar-refractivity contribution in [3.8, 4) is 12.3 Å². The number of fused-ring (bicyclic) bond motifs is 1. The van der Waals surface area contributed by atoms with Gasteiger partial charge in [-0.25, -0.2) is 4.98 Å². The summed E-state index contributed by atoms with van der Waals surface area (Å²) >= 11 is 2.60. The summed E-state index contributed by atoms with van der Waals surface area (Å²) in [6.45, 7) is 0.200. The monoisotopic (exact) mass is 307 g/mol. The Kier molecular flexibility index (Phi) is 4.55. The Morgan fingerprint density at radius 1 is 1.60 bits per heavy atom. The minimum absolute atomic E-state index is 0.0319. The van der Waals surface area contributed by atoms with Gasteiger partial charge in [0, 0.05) is 12.1 Å². The minimum Gasteiger partial charge on any atom is -0.344 e. The molecule has 1 N–H and O–H groups in total. The van der Waals surface area contributed by atoms with E-state index in [-0.39, 0.29) is 23.9 Å². The van der Waals surface area contributed by atoms with Crippen LogP contribution in [0, 0.1) is 22.5 Å². The Balaban J connectivity index is 2.06. The van der Waals surface area contributed by atoms with Gasteiger partial charge in [-0.05, 0) is 6.07 Å². The fourth-order valence-electron chi connectivity index (χ4n) is 1.40. The van der Waals surface area contributed by atoms with E-state index in [2.05, 4.69) is 16.2 Å². The third-order valence-electron chi connectivity index (χ3n) is 2.28. The second kappa shape index (κ2) is 6.36. The Morgan fingerprint density at radius 2 is 2.40 bits per heavy atom. The first-order valence-corrected chi connectivity index (χ1v) is 7.28. The molecule has 6 nitrogen and oxygen atoms in total. The van der Waals surface area contributed by atoms with Gasteiger partial charge in [0.1, 0.15) is 0 Å². The predicted molar refractivity (Wildman–Crippen MR) is 78.8 cm³/mol. The van der Waals surface area contributed by atoms with Gasteiger partial charge in [-0.2, -0.15) is 0 Å². The highest BCUT2D eigenvalue weighted by molar-refractivity contribution is 8.01. The van der Waals surface area contributed by atoms with Gasteiger partial charge in [0.25, 0.3) is 5.69 Å². The lowest BCUT2D eigenvalue weighted by atomic mass is 10.3. The molecule has 1 aromatic heterocycles. The van der Waals surface area contributed by atoms with Crippen LogP contribution in [0.3, 0.4) is 0 Å². The number of hydrogen-bond donors (Lipinski definition) is 1.